The van der Waals surface area contributed by atoms with Crippen molar-refractivity contribution in [2.75, 3.05) is 0 Å². The van der Waals surface area contributed by atoms with Gasteiger partial charge in [-0.1, -0.05) is 174 Å². The first-order chi connectivity index (χ1) is 20.1. The van der Waals surface area contributed by atoms with Crippen LogP contribution < -0.4 is 0 Å². The molecule has 0 spiro atoms. The van der Waals surface area contributed by atoms with Gasteiger partial charge in [0.05, 0.1) is 0 Å². The van der Waals surface area contributed by atoms with Crippen molar-refractivity contribution in [2.45, 2.75) is 225 Å². The van der Waals surface area contributed by atoms with E-state index in [0.29, 0.717) is 12.8 Å². The van der Waals surface area contributed by atoms with Crippen LogP contribution in [0.25, 0.3) is 0 Å². The van der Waals surface area contributed by atoms with Crippen LogP contribution in [0.4, 0.5) is 0 Å². The number of hydrogen-bond donors (Lipinski definition) is 1. The van der Waals surface area contributed by atoms with E-state index in [0.717, 1.165) is 32.1 Å². The molecule has 0 fully saturated rings. The van der Waals surface area contributed by atoms with Gasteiger partial charge in [0.25, 0.3) is 0 Å². The third-order valence-corrected chi connectivity index (χ3v) is 8.65. The van der Waals surface area contributed by atoms with Crippen molar-refractivity contribution in [1.82, 2.24) is 0 Å². The highest BCUT2D eigenvalue weighted by atomic mass is 16.5. The van der Waals surface area contributed by atoms with Crippen LogP contribution in [0.3, 0.4) is 0 Å². The second kappa shape index (κ2) is 33.4. The van der Waals surface area contributed by atoms with Crippen molar-refractivity contribution >= 4 is 11.9 Å². The molecule has 0 radical (unpaired) electrons. The molecule has 1 atom stereocenters. The summed E-state index contributed by atoms with van der Waals surface area (Å²) in [4.78, 5) is 22.8. The van der Waals surface area contributed by atoms with Crippen LogP contribution in [0.2, 0.25) is 0 Å². The maximum absolute atomic E-state index is 12.3. The van der Waals surface area contributed by atoms with E-state index < -0.39 is 5.97 Å². The number of carboxylic acid groups (broad SMARTS) is 1. The highest BCUT2D eigenvalue weighted by molar-refractivity contribution is 5.69. The molecule has 1 N–H and O–H groups in total. The van der Waals surface area contributed by atoms with Gasteiger partial charge >= 0.3 is 11.9 Å². The van der Waals surface area contributed by atoms with E-state index in [4.69, 9.17) is 9.84 Å². The monoisotopic (exact) mass is 581 g/mol. The lowest BCUT2D eigenvalue weighted by molar-refractivity contribution is -0.149. The molecule has 0 aromatic carbocycles. The zero-order valence-corrected chi connectivity index (χ0v) is 27.9. The molecule has 0 saturated heterocycles. The second-order valence-corrected chi connectivity index (χ2v) is 12.7. The average Bonchev–Trinajstić information content (AvgIpc) is 2.96. The minimum absolute atomic E-state index is 0.0222. The van der Waals surface area contributed by atoms with E-state index in [9.17, 15) is 9.59 Å². The normalized spacial score (nSPS) is 12.0. The van der Waals surface area contributed by atoms with Gasteiger partial charge in [0.1, 0.15) is 6.10 Å². The predicted molar refractivity (Wildman–Crippen MR) is 177 cm³/mol. The van der Waals surface area contributed by atoms with Crippen LogP contribution in [0, 0.1) is 0 Å². The summed E-state index contributed by atoms with van der Waals surface area (Å²) < 4.78 is 5.78. The van der Waals surface area contributed by atoms with Gasteiger partial charge in [-0.05, 0) is 32.1 Å². The molecular formula is C37H72O4. The van der Waals surface area contributed by atoms with Crippen molar-refractivity contribution in [2.24, 2.45) is 0 Å². The minimum Gasteiger partial charge on any atom is -0.481 e. The maximum Gasteiger partial charge on any atom is 0.306 e. The van der Waals surface area contributed by atoms with Gasteiger partial charge in [-0.25, -0.2) is 0 Å². The van der Waals surface area contributed by atoms with Crippen molar-refractivity contribution in [1.29, 1.82) is 0 Å². The molecule has 0 bridgehead atoms. The molecule has 0 aliphatic carbocycles. The van der Waals surface area contributed by atoms with E-state index in [1.165, 1.54) is 161 Å². The summed E-state index contributed by atoms with van der Waals surface area (Å²) in [6.45, 7) is 4.42. The fourth-order valence-corrected chi connectivity index (χ4v) is 5.82. The molecule has 0 aliphatic rings. The van der Waals surface area contributed by atoms with E-state index in [2.05, 4.69) is 13.8 Å². The molecule has 0 rings (SSSR count). The highest BCUT2D eigenvalue weighted by Crippen LogP contribution is 2.17. The number of ether oxygens (including phenoxy) is 1. The van der Waals surface area contributed by atoms with Gasteiger partial charge in [-0.2, -0.15) is 0 Å². The summed E-state index contributed by atoms with van der Waals surface area (Å²) >= 11 is 0. The maximum atomic E-state index is 12.3. The van der Waals surface area contributed by atoms with Crippen molar-refractivity contribution in [3.05, 3.63) is 0 Å². The predicted octanol–water partition coefficient (Wildman–Crippen LogP) is 12.5. The van der Waals surface area contributed by atoms with Crippen molar-refractivity contribution in [3.8, 4) is 0 Å². The van der Waals surface area contributed by atoms with Gasteiger partial charge in [0.2, 0.25) is 0 Å². The Bertz CT molecular complexity index is 547. The first-order valence-electron chi connectivity index (χ1n) is 18.5. The number of carbonyl (C=O) groups excluding carboxylic acids is 1. The molecule has 0 amide bonds. The van der Waals surface area contributed by atoms with Gasteiger partial charge in [0.15, 0.2) is 0 Å². The Labute approximate surface area is 256 Å². The lowest BCUT2D eigenvalue weighted by atomic mass is 10.0. The zero-order chi connectivity index (χ0) is 30.1. The van der Waals surface area contributed by atoms with Gasteiger partial charge in [-0.3, -0.25) is 9.59 Å². The number of hydrogen-bond acceptors (Lipinski definition) is 3. The first-order valence-corrected chi connectivity index (χ1v) is 18.5. The van der Waals surface area contributed by atoms with Gasteiger partial charge < -0.3 is 9.84 Å². The highest BCUT2D eigenvalue weighted by Gasteiger charge is 2.12. The first kappa shape index (κ1) is 39.9. The number of esters is 1. The molecule has 4 heteroatoms. The summed E-state index contributed by atoms with van der Waals surface area (Å²) in [7, 11) is 0. The number of rotatable bonds is 34. The largest absolute Gasteiger partial charge is 0.481 e. The Kier molecular flexibility index (Phi) is 32.6. The smallest absolute Gasteiger partial charge is 0.306 e. The molecule has 1 unspecified atom stereocenters. The second-order valence-electron chi connectivity index (χ2n) is 12.7. The summed E-state index contributed by atoms with van der Waals surface area (Å²) in [6, 6.07) is 0. The summed E-state index contributed by atoms with van der Waals surface area (Å²) in [5.41, 5.74) is 0. The quantitative estimate of drug-likeness (QED) is 0.0607. The minimum atomic E-state index is -0.665. The fraction of sp³-hybridized carbons (Fsp3) is 0.946. The topological polar surface area (TPSA) is 63.6 Å². The van der Waals surface area contributed by atoms with Crippen LogP contribution >= 0.6 is 0 Å². The summed E-state index contributed by atoms with van der Waals surface area (Å²) in [6.07, 6.45) is 39.2. The molecule has 0 aromatic rings. The zero-order valence-electron chi connectivity index (χ0n) is 27.9. The number of aliphatic carboxylic acids is 1. The van der Waals surface area contributed by atoms with E-state index in [1.54, 1.807) is 0 Å². The SMILES string of the molecule is CCCCCCCCCCCCCCCCC(=O)OC(CC)CCCCCCCCCCCCCCCCC(=O)O. The molecule has 41 heavy (non-hydrogen) atoms. The Morgan fingerprint density at radius 3 is 1.12 bits per heavy atom. The third kappa shape index (κ3) is 33.3. The Morgan fingerprint density at radius 1 is 0.463 bits per heavy atom. The Hall–Kier alpha value is -1.06. The molecule has 0 saturated carbocycles. The van der Waals surface area contributed by atoms with E-state index >= 15 is 0 Å². The van der Waals surface area contributed by atoms with Gasteiger partial charge in [0, 0.05) is 12.8 Å². The molecule has 0 aliphatic heterocycles. The average molecular weight is 581 g/mol. The fourth-order valence-electron chi connectivity index (χ4n) is 5.82. The molecular weight excluding hydrogens is 508 g/mol. The molecule has 244 valence electrons. The van der Waals surface area contributed by atoms with Crippen LogP contribution in [0.15, 0.2) is 0 Å². The molecule has 4 nitrogen and oxygen atoms in total. The molecule has 0 aromatic heterocycles. The van der Waals surface area contributed by atoms with Crippen molar-refractivity contribution in [3.63, 3.8) is 0 Å². The van der Waals surface area contributed by atoms with Crippen LogP contribution in [0.1, 0.15) is 219 Å². The Balaban J connectivity index is 3.39. The third-order valence-electron chi connectivity index (χ3n) is 8.65. The van der Waals surface area contributed by atoms with Crippen LogP contribution in [0.5, 0.6) is 0 Å². The standard InChI is InChI=1S/C37H72O4/c1-3-5-6-7-8-9-10-11-16-19-22-25-28-31-34-37(40)41-35(4-2)32-29-26-23-20-17-14-12-13-15-18-21-24-27-30-33-36(38)39/h35H,3-34H2,1-2H3,(H,38,39). The van der Waals surface area contributed by atoms with Gasteiger partial charge in [-0.15, -0.1) is 0 Å². The summed E-state index contributed by atoms with van der Waals surface area (Å²) in [5.74, 6) is -0.643. The number of unbranched alkanes of at least 4 members (excludes halogenated alkanes) is 26. The number of carboxylic acids is 1. The lowest BCUT2D eigenvalue weighted by Gasteiger charge is -2.16. The van der Waals surface area contributed by atoms with E-state index in [-0.39, 0.29) is 12.1 Å². The Morgan fingerprint density at radius 2 is 0.780 bits per heavy atom. The lowest BCUT2D eigenvalue weighted by Crippen LogP contribution is -2.17. The van der Waals surface area contributed by atoms with Crippen molar-refractivity contribution < 1.29 is 19.4 Å². The van der Waals surface area contributed by atoms with Crippen LogP contribution in [-0.2, 0) is 14.3 Å². The van der Waals surface area contributed by atoms with Crippen LogP contribution in [-0.4, -0.2) is 23.1 Å². The number of carbonyl (C=O) groups is 2. The summed E-state index contributed by atoms with van der Waals surface area (Å²) in [5, 5.41) is 8.64. The molecule has 0 heterocycles. The van der Waals surface area contributed by atoms with E-state index in [1.807, 2.05) is 0 Å².